The van der Waals surface area contributed by atoms with Gasteiger partial charge in [-0.2, -0.15) is 0 Å². The first kappa shape index (κ1) is 26.1. The van der Waals surface area contributed by atoms with Crippen LogP contribution in [0.2, 0.25) is 0 Å². The van der Waals surface area contributed by atoms with Crippen molar-refractivity contribution >= 4 is 17.4 Å². The van der Waals surface area contributed by atoms with Crippen molar-refractivity contribution in [1.82, 2.24) is 9.80 Å². The number of aliphatic hydroxyl groups is 1. The number of nitrogens with zero attached hydrogens (tertiary/aromatic N) is 2. The van der Waals surface area contributed by atoms with E-state index in [1.54, 1.807) is 24.3 Å². The van der Waals surface area contributed by atoms with E-state index in [0.29, 0.717) is 80.2 Å². The zero-order chi connectivity index (χ0) is 27.8. The Kier molecular flexibility index (Phi) is 7.03. The standard InChI is InChI=1S/C28H30N2O10/c1-34-25-17(14-20-26(27(25)35-2)40-15-39-20)22-21(23(31)16-3-4-18-19(13-16)38-12-11-37-18)24(32)28(33)30(22)6-5-29-7-9-36-10-8-29/h3-4,13-14,22,31H,5-12,15H2,1-2H3/t22-/m1/s1. The molecule has 0 spiro atoms. The Morgan fingerprint density at radius 2 is 1.65 bits per heavy atom. The SMILES string of the molecule is COc1c([C@@H]2C(=C(O)c3ccc4c(c3)OCCO4)C(=O)C(=O)N2CCN2CCOCC2)cc2c(c1OC)OCO2. The van der Waals surface area contributed by atoms with Gasteiger partial charge in [-0.3, -0.25) is 14.5 Å². The largest absolute Gasteiger partial charge is 0.507 e. The summed E-state index contributed by atoms with van der Waals surface area (Å²) in [5.74, 6) is 0.379. The molecular formula is C28H30N2O10. The van der Waals surface area contributed by atoms with Crippen molar-refractivity contribution in [3.05, 3.63) is 41.0 Å². The van der Waals surface area contributed by atoms with E-state index in [1.807, 2.05) is 0 Å². The van der Waals surface area contributed by atoms with Gasteiger partial charge < -0.3 is 43.2 Å². The highest BCUT2D eigenvalue weighted by Crippen LogP contribution is 2.54. The summed E-state index contributed by atoms with van der Waals surface area (Å²) in [7, 11) is 2.93. The number of ether oxygens (including phenoxy) is 7. The van der Waals surface area contributed by atoms with Gasteiger partial charge >= 0.3 is 0 Å². The Morgan fingerprint density at radius 3 is 2.40 bits per heavy atom. The molecular weight excluding hydrogens is 524 g/mol. The van der Waals surface area contributed by atoms with Crippen LogP contribution in [-0.2, 0) is 14.3 Å². The molecule has 2 aromatic carbocycles. The summed E-state index contributed by atoms with van der Waals surface area (Å²) >= 11 is 0. The van der Waals surface area contributed by atoms with Crippen molar-refractivity contribution in [1.29, 1.82) is 0 Å². The Balaban J connectivity index is 1.49. The van der Waals surface area contributed by atoms with Crippen LogP contribution in [0.3, 0.4) is 0 Å². The molecule has 2 saturated heterocycles. The maximum Gasteiger partial charge on any atom is 0.295 e. The second-order valence-electron chi connectivity index (χ2n) is 9.57. The maximum absolute atomic E-state index is 13.6. The molecule has 40 heavy (non-hydrogen) atoms. The highest BCUT2D eigenvalue weighted by molar-refractivity contribution is 6.46. The molecule has 0 aliphatic carbocycles. The van der Waals surface area contributed by atoms with Crippen molar-refractivity contribution in [2.75, 3.05) is 73.6 Å². The Morgan fingerprint density at radius 1 is 0.900 bits per heavy atom. The van der Waals surface area contributed by atoms with Crippen LogP contribution in [0.1, 0.15) is 17.2 Å². The van der Waals surface area contributed by atoms with Gasteiger partial charge in [0.15, 0.2) is 23.0 Å². The van der Waals surface area contributed by atoms with Gasteiger partial charge in [-0.05, 0) is 24.3 Å². The Bertz CT molecular complexity index is 1370. The molecule has 1 atom stereocenters. The monoisotopic (exact) mass is 554 g/mol. The lowest BCUT2D eigenvalue weighted by molar-refractivity contribution is -0.140. The Hall–Kier alpha value is -4.16. The third kappa shape index (κ3) is 4.42. The van der Waals surface area contributed by atoms with Gasteiger partial charge in [0, 0.05) is 37.3 Å². The van der Waals surface area contributed by atoms with Crippen LogP contribution in [0, 0.1) is 0 Å². The third-order valence-corrected chi connectivity index (χ3v) is 7.42. The number of carbonyl (C=O) groups is 2. The van der Waals surface area contributed by atoms with Gasteiger partial charge in [0.1, 0.15) is 19.0 Å². The number of carbonyl (C=O) groups excluding carboxylic acids is 2. The van der Waals surface area contributed by atoms with Crippen LogP contribution in [0.15, 0.2) is 29.8 Å². The highest BCUT2D eigenvalue weighted by Gasteiger charge is 2.48. The minimum Gasteiger partial charge on any atom is -0.507 e. The molecule has 0 saturated carbocycles. The van der Waals surface area contributed by atoms with Crippen molar-refractivity contribution in [2.45, 2.75) is 6.04 Å². The van der Waals surface area contributed by atoms with Gasteiger partial charge in [0.05, 0.1) is 39.0 Å². The normalized spacial score (nSPS) is 21.6. The molecule has 1 amide bonds. The average molecular weight is 555 g/mol. The third-order valence-electron chi connectivity index (χ3n) is 7.42. The Labute approximate surface area is 230 Å². The predicted molar refractivity (Wildman–Crippen MR) is 139 cm³/mol. The molecule has 1 N–H and O–H groups in total. The first-order valence-electron chi connectivity index (χ1n) is 13.0. The number of Topliss-reactive ketones (excluding diaryl/α,β-unsaturated/α-hetero) is 1. The molecule has 12 nitrogen and oxygen atoms in total. The van der Waals surface area contributed by atoms with Gasteiger partial charge in [-0.25, -0.2) is 0 Å². The fourth-order valence-electron chi connectivity index (χ4n) is 5.47. The summed E-state index contributed by atoms with van der Waals surface area (Å²) < 4.78 is 39.3. The number of benzene rings is 2. The van der Waals surface area contributed by atoms with Crippen molar-refractivity contribution < 1.29 is 47.9 Å². The van der Waals surface area contributed by atoms with E-state index < -0.39 is 17.7 Å². The summed E-state index contributed by atoms with van der Waals surface area (Å²) in [6.45, 7) is 4.12. The van der Waals surface area contributed by atoms with E-state index >= 15 is 0 Å². The van der Waals surface area contributed by atoms with Crippen LogP contribution in [0.5, 0.6) is 34.5 Å². The van der Waals surface area contributed by atoms with Crippen LogP contribution >= 0.6 is 0 Å². The van der Waals surface area contributed by atoms with E-state index in [2.05, 4.69) is 4.90 Å². The number of aliphatic hydroxyl groups excluding tert-OH is 1. The molecule has 4 aliphatic rings. The van der Waals surface area contributed by atoms with E-state index in [9.17, 15) is 14.7 Å². The minimum absolute atomic E-state index is 0.0211. The number of hydrogen-bond acceptors (Lipinski definition) is 11. The number of ketones is 1. The van der Waals surface area contributed by atoms with E-state index in [4.69, 9.17) is 33.2 Å². The summed E-state index contributed by atoms with van der Waals surface area (Å²) in [5.41, 5.74) is 0.652. The smallest absolute Gasteiger partial charge is 0.295 e. The lowest BCUT2D eigenvalue weighted by Gasteiger charge is -2.31. The first-order valence-corrected chi connectivity index (χ1v) is 13.0. The molecule has 0 aromatic heterocycles. The van der Waals surface area contributed by atoms with Crippen LogP contribution in [-0.4, -0.2) is 100 Å². The van der Waals surface area contributed by atoms with Crippen LogP contribution < -0.4 is 28.4 Å². The number of amides is 1. The number of methoxy groups -OCH3 is 2. The fourth-order valence-corrected chi connectivity index (χ4v) is 5.47. The number of morpholine rings is 1. The molecule has 2 aromatic rings. The zero-order valence-corrected chi connectivity index (χ0v) is 22.3. The van der Waals surface area contributed by atoms with E-state index in [-0.39, 0.29) is 36.2 Å². The van der Waals surface area contributed by atoms with Gasteiger partial charge in [0.2, 0.25) is 18.3 Å². The fraction of sp³-hybridized carbons (Fsp3) is 0.429. The lowest BCUT2D eigenvalue weighted by Crippen LogP contribution is -2.42. The lowest BCUT2D eigenvalue weighted by atomic mass is 9.93. The highest BCUT2D eigenvalue weighted by atomic mass is 16.7. The molecule has 0 unspecified atom stereocenters. The first-order chi connectivity index (χ1) is 19.5. The van der Waals surface area contributed by atoms with Crippen molar-refractivity contribution in [3.63, 3.8) is 0 Å². The van der Waals surface area contributed by atoms with E-state index in [0.717, 1.165) is 0 Å². The van der Waals surface area contributed by atoms with E-state index in [1.165, 1.54) is 19.1 Å². The summed E-state index contributed by atoms with van der Waals surface area (Å²) in [6, 6.07) is 5.56. The van der Waals surface area contributed by atoms with Crippen LogP contribution in [0.25, 0.3) is 5.76 Å². The minimum atomic E-state index is -0.993. The summed E-state index contributed by atoms with van der Waals surface area (Å²) in [4.78, 5) is 30.8. The topological polar surface area (TPSA) is 125 Å². The van der Waals surface area contributed by atoms with Crippen molar-refractivity contribution in [3.8, 4) is 34.5 Å². The van der Waals surface area contributed by atoms with Crippen LogP contribution in [0.4, 0.5) is 0 Å². The second kappa shape index (κ2) is 10.8. The molecule has 2 fully saturated rings. The molecule has 4 heterocycles. The number of fused-ring (bicyclic) bond motifs is 2. The molecule has 0 radical (unpaired) electrons. The molecule has 0 bridgehead atoms. The number of hydrogen-bond donors (Lipinski definition) is 1. The number of rotatable bonds is 7. The zero-order valence-electron chi connectivity index (χ0n) is 22.3. The molecule has 12 heteroatoms. The predicted octanol–water partition coefficient (Wildman–Crippen LogP) is 1.96. The molecule has 4 aliphatic heterocycles. The maximum atomic E-state index is 13.6. The second-order valence-corrected chi connectivity index (χ2v) is 9.57. The van der Waals surface area contributed by atoms with Gasteiger partial charge in [0.25, 0.3) is 11.7 Å². The quantitative estimate of drug-likeness (QED) is 0.307. The van der Waals surface area contributed by atoms with Gasteiger partial charge in [-0.15, -0.1) is 0 Å². The molecule has 6 rings (SSSR count). The number of likely N-dealkylation sites (tertiary alicyclic amines) is 1. The van der Waals surface area contributed by atoms with Crippen molar-refractivity contribution in [2.24, 2.45) is 0 Å². The summed E-state index contributed by atoms with van der Waals surface area (Å²) in [5, 5.41) is 11.6. The van der Waals surface area contributed by atoms with Gasteiger partial charge in [-0.1, -0.05) is 0 Å². The average Bonchev–Trinajstić information content (AvgIpc) is 3.56. The summed E-state index contributed by atoms with van der Waals surface area (Å²) in [6.07, 6.45) is 0. The molecule has 212 valence electrons.